The number of nitrogens with two attached hydrogens (primary N) is 2. The lowest BCUT2D eigenvalue weighted by molar-refractivity contribution is -0.113. The molecule has 2 aromatic heterocycles. The van der Waals surface area contributed by atoms with Crippen LogP contribution in [0.5, 0.6) is 0 Å². The quantitative estimate of drug-likeness (QED) is 0.680. The highest BCUT2D eigenvalue weighted by Gasteiger charge is 2.14. The van der Waals surface area contributed by atoms with Crippen molar-refractivity contribution in [3.05, 3.63) is 17.0 Å². The van der Waals surface area contributed by atoms with E-state index in [1.165, 1.54) is 23.1 Å². The summed E-state index contributed by atoms with van der Waals surface area (Å²) < 4.78 is 1.58. The molecular formula is C10H12N6O2S2. The summed E-state index contributed by atoms with van der Waals surface area (Å²) in [5.74, 6) is -0.429. The van der Waals surface area contributed by atoms with Crippen molar-refractivity contribution in [2.24, 2.45) is 12.8 Å². The van der Waals surface area contributed by atoms with E-state index in [2.05, 4.69) is 15.5 Å². The van der Waals surface area contributed by atoms with Gasteiger partial charge in [-0.15, -0.1) is 21.5 Å². The van der Waals surface area contributed by atoms with E-state index in [-0.39, 0.29) is 17.6 Å². The number of thioether (sulfide) groups is 1. The first-order chi connectivity index (χ1) is 9.49. The van der Waals surface area contributed by atoms with Crippen LogP contribution in [-0.4, -0.2) is 32.3 Å². The van der Waals surface area contributed by atoms with Gasteiger partial charge in [0.2, 0.25) is 11.9 Å². The van der Waals surface area contributed by atoms with Crippen LogP contribution in [0, 0.1) is 0 Å². The molecule has 2 rings (SSSR count). The van der Waals surface area contributed by atoms with E-state index in [4.69, 9.17) is 11.5 Å². The van der Waals surface area contributed by atoms with Crippen LogP contribution >= 0.6 is 23.1 Å². The Hall–Kier alpha value is -2.07. The summed E-state index contributed by atoms with van der Waals surface area (Å²) in [5, 5.41) is 12.8. The average Bonchev–Trinajstić information content (AvgIpc) is 2.97. The van der Waals surface area contributed by atoms with Gasteiger partial charge in [0.15, 0.2) is 5.16 Å². The number of nitrogens with one attached hydrogen (secondary N) is 1. The Morgan fingerprint density at radius 1 is 1.50 bits per heavy atom. The molecule has 0 aliphatic carbocycles. The second kappa shape index (κ2) is 5.92. The molecule has 10 heteroatoms. The lowest BCUT2D eigenvalue weighted by Gasteiger charge is -2.04. The zero-order valence-electron chi connectivity index (χ0n) is 10.5. The first-order valence-electron chi connectivity index (χ1n) is 5.44. The normalized spacial score (nSPS) is 10.4. The number of nitrogens with zero attached hydrogens (tertiary/aromatic N) is 3. The highest BCUT2D eigenvalue weighted by molar-refractivity contribution is 7.99. The van der Waals surface area contributed by atoms with Crippen molar-refractivity contribution in [2.45, 2.75) is 5.16 Å². The number of aromatic nitrogens is 3. The number of hydrogen-bond donors (Lipinski definition) is 3. The van der Waals surface area contributed by atoms with Crippen molar-refractivity contribution in [1.82, 2.24) is 14.8 Å². The molecule has 0 saturated carbocycles. The number of amides is 2. The van der Waals surface area contributed by atoms with Gasteiger partial charge in [0.05, 0.1) is 11.3 Å². The number of nitrogen functional groups attached to an aromatic ring is 1. The van der Waals surface area contributed by atoms with Crippen LogP contribution in [0.15, 0.2) is 16.6 Å². The van der Waals surface area contributed by atoms with Crippen LogP contribution in [0.25, 0.3) is 0 Å². The number of rotatable bonds is 5. The third kappa shape index (κ3) is 3.08. The van der Waals surface area contributed by atoms with Crippen molar-refractivity contribution >= 4 is 45.9 Å². The molecule has 0 aliphatic rings. The van der Waals surface area contributed by atoms with E-state index in [1.807, 2.05) is 0 Å². The van der Waals surface area contributed by atoms with E-state index < -0.39 is 5.91 Å². The molecule has 8 nitrogen and oxygen atoms in total. The molecule has 0 radical (unpaired) electrons. The maximum absolute atomic E-state index is 11.8. The summed E-state index contributed by atoms with van der Waals surface area (Å²) in [4.78, 5) is 22.9. The van der Waals surface area contributed by atoms with E-state index in [1.54, 1.807) is 23.1 Å². The van der Waals surface area contributed by atoms with Crippen molar-refractivity contribution in [3.63, 3.8) is 0 Å². The predicted molar refractivity (Wildman–Crippen MR) is 77.6 cm³/mol. The standard InChI is InChI=1S/C10H12N6O2S2/c1-16-9(12)14-15-10(16)20-4-6(17)13-8-5(7(11)18)2-3-19-8/h2-3H,4H2,1H3,(H2,11,18)(H2,12,14)(H,13,17). The van der Waals surface area contributed by atoms with Gasteiger partial charge < -0.3 is 16.8 Å². The van der Waals surface area contributed by atoms with Gasteiger partial charge in [-0.1, -0.05) is 11.8 Å². The van der Waals surface area contributed by atoms with Gasteiger partial charge in [0.25, 0.3) is 5.91 Å². The fourth-order valence-corrected chi connectivity index (χ4v) is 2.87. The fourth-order valence-electron chi connectivity index (χ4n) is 1.34. The molecule has 106 valence electrons. The molecule has 2 aromatic rings. The topological polar surface area (TPSA) is 129 Å². The van der Waals surface area contributed by atoms with Gasteiger partial charge in [-0.2, -0.15) is 0 Å². The molecule has 0 saturated heterocycles. The molecule has 0 aliphatic heterocycles. The molecule has 0 fully saturated rings. The summed E-state index contributed by atoms with van der Waals surface area (Å²) in [6, 6.07) is 1.57. The van der Waals surface area contributed by atoms with E-state index in [0.29, 0.717) is 15.7 Å². The van der Waals surface area contributed by atoms with Crippen LogP contribution in [0.1, 0.15) is 10.4 Å². The largest absolute Gasteiger partial charge is 0.368 e. The monoisotopic (exact) mass is 312 g/mol. The summed E-state index contributed by atoms with van der Waals surface area (Å²) in [6.07, 6.45) is 0. The molecular weight excluding hydrogens is 300 g/mol. The Kier molecular flexibility index (Phi) is 4.25. The molecule has 2 amide bonds. The number of carbonyl (C=O) groups excluding carboxylic acids is 2. The highest BCUT2D eigenvalue weighted by Crippen LogP contribution is 2.23. The van der Waals surface area contributed by atoms with Crippen molar-refractivity contribution in [2.75, 3.05) is 16.8 Å². The van der Waals surface area contributed by atoms with Gasteiger partial charge in [-0.05, 0) is 11.4 Å². The van der Waals surface area contributed by atoms with Gasteiger partial charge in [-0.3, -0.25) is 14.2 Å². The molecule has 5 N–H and O–H groups in total. The average molecular weight is 312 g/mol. The maximum atomic E-state index is 11.8. The Morgan fingerprint density at radius 3 is 2.85 bits per heavy atom. The Balaban J connectivity index is 1.94. The van der Waals surface area contributed by atoms with Crippen LogP contribution in [0.2, 0.25) is 0 Å². The lowest BCUT2D eigenvalue weighted by Crippen LogP contribution is -2.18. The maximum Gasteiger partial charge on any atom is 0.251 e. The lowest BCUT2D eigenvalue weighted by atomic mass is 10.3. The minimum absolute atomic E-state index is 0.127. The number of hydrogen-bond acceptors (Lipinski definition) is 7. The van der Waals surface area contributed by atoms with Gasteiger partial charge in [0, 0.05) is 7.05 Å². The van der Waals surface area contributed by atoms with Gasteiger partial charge in [-0.25, -0.2) is 0 Å². The molecule has 0 aromatic carbocycles. The second-order valence-electron chi connectivity index (χ2n) is 3.76. The van der Waals surface area contributed by atoms with E-state index in [0.717, 1.165) is 0 Å². The van der Waals surface area contributed by atoms with Gasteiger partial charge in [0.1, 0.15) is 5.00 Å². The molecule has 0 atom stereocenters. The zero-order chi connectivity index (χ0) is 14.7. The van der Waals surface area contributed by atoms with E-state index in [9.17, 15) is 9.59 Å². The number of anilines is 2. The van der Waals surface area contributed by atoms with Crippen molar-refractivity contribution in [1.29, 1.82) is 0 Å². The minimum atomic E-state index is -0.574. The molecule has 20 heavy (non-hydrogen) atoms. The fraction of sp³-hybridized carbons (Fsp3) is 0.200. The number of primary amides is 1. The summed E-state index contributed by atoms with van der Waals surface area (Å²) in [5.41, 5.74) is 11.0. The zero-order valence-corrected chi connectivity index (χ0v) is 12.1. The van der Waals surface area contributed by atoms with Crippen LogP contribution < -0.4 is 16.8 Å². The van der Waals surface area contributed by atoms with Crippen LogP contribution in [0.3, 0.4) is 0 Å². The molecule has 0 bridgehead atoms. The smallest absolute Gasteiger partial charge is 0.251 e. The Labute approximate surface area is 122 Å². The Bertz CT molecular complexity index is 650. The predicted octanol–water partition coefficient (Wildman–Crippen LogP) is 0.288. The van der Waals surface area contributed by atoms with Crippen LogP contribution in [0.4, 0.5) is 10.9 Å². The first-order valence-corrected chi connectivity index (χ1v) is 7.30. The third-order valence-electron chi connectivity index (χ3n) is 2.38. The molecule has 0 spiro atoms. The van der Waals surface area contributed by atoms with Crippen molar-refractivity contribution < 1.29 is 9.59 Å². The Morgan fingerprint density at radius 2 is 2.25 bits per heavy atom. The number of thiophene rings is 1. The molecule has 2 heterocycles. The third-order valence-corrected chi connectivity index (χ3v) is 4.23. The van der Waals surface area contributed by atoms with Crippen molar-refractivity contribution in [3.8, 4) is 0 Å². The minimum Gasteiger partial charge on any atom is -0.368 e. The number of carbonyl (C=O) groups is 2. The van der Waals surface area contributed by atoms with Gasteiger partial charge >= 0.3 is 0 Å². The second-order valence-corrected chi connectivity index (χ2v) is 5.62. The first kappa shape index (κ1) is 14.3. The summed E-state index contributed by atoms with van der Waals surface area (Å²) in [7, 11) is 1.71. The molecule has 0 unspecified atom stereocenters. The summed E-state index contributed by atoms with van der Waals surface area (Å²) in [6.45, 7) is 0. The van der Waals surface area contributed by atoms with Crippen LogP contribution in [-0.2, 0) is 11.8 Å². The summed E-state index contributed by atoms with van der Waals surface area (Å²) >= 11 is 2.44. The van der Waals surface area contributed by atoms with E-state index >= 15 is 0 Å². The highest BCUT2D eigenvalue weighted by atomic mass is 32.2. The SMILES string of the molecule is Cn1c(N)nnc1SCC(=O)Nc1sccc1C(N)=O.